The molecule has 154 valence electrons. The van der Waals surface area contributed by atoms with Crippen molar-refractivity contribution in [2.24, 2.45) is 5.92 Å². The van der Waals surface area contributed by atoms with Crippen LogP contribution in [0.3, 0.4) is 0 Å². The standard InChI is InChI=1S/C21H24F2N4OS/c1-13-12-25-21(24)19-20(13)27(18(26-19)10-14-4-5-14)8-2-3-9-29(28)17-7-6-15(22)11-16(17)23/h6-7,11-12,14H,2-5,8-10H2,1H3,(H2,24,25). The molecule has 1 atom stereocenters. The van der Waals surface area contributed by atoms with Crippen LogP contribution in [-0.2, 0) is 24.1 Å². The van der Waals surface area contributed by atoms with E-state index < -0.39 is 22.8 Å². The Hall–Kier alpha value is -2.19. The number of aryl methyl sites for hydroxylation is 2. The number of fused-ring (bicyclic) bond motifs is 1. The number of benzene rings is 1. The first kappa shape index (κ1) is 20.1. The molecule has 0 aliphatic heterocycles. The number of hydrogen-bond donors (Lipinski definition) is 1. The number of halogens is 2. The molecule has 2 aromatic heterocycles. The molecule has 1 aliphatic carbocycles. The summed E-state index contributed by atoms with van der Waals surface area (Å²) in [6.07, 6.45) is 6.60. The van der Waals surface area contributed by atoms with Crippen molar-refractivity contribution in [3.05, 3.63) is 47.4 Å². The molecule has 1 saturated carbocycles. The Morgan fingerprint density at radius 2 is 2.07 bits per heavy atom. The third-order valence-corrected chi connectivity index (χ3v) is 6.81. The number of nitrogen functional groups attached to an aromatic ring is 1. The van der Waals surface area contributed by atoms with Gasteiger partial charge in [-0.1, -0.05) is 0 Å². The van der Waals surface area contributed by atoms with E-state index in [1.54, 1.807) is 6.20 Å². The highest BCUT2D eigenvalue weighted by atomic mass is 32.2. The van der Waals surface area contributed by atoms with E-state index in [2.05, 4.69) is 9.55 Å². The van der Waals surface area contributed by atoms with Gasteiger partial charge in [-0.05, 0) is 67.4 Å². The Labute approximate surface area is 171 Å². The van der Waals surface area contributed by atoms with Gasteiger partial charge in [0.05, 0.1) is 5.52 Å². The van der Waals surface area contributed by atoms with Gasteiger partial charge in [-0.3, -0.25) is 0 Å². The van der Waals surface area contributed by atoms with E-state index in [1.807, 2.05) is 6.92 Å². The predicted molar refractivity (Wildman–Crippen MR) is 110 cm³/mol. The summed E-state index contributed by atoms with van der Waals surface area (Å²) in [5, 5.41) is 0. The fourth-order valence-electron chi connectivity index (χ4n) is 3.62. The van der Waals surface area contributed by atoms with E-state index in [0.717, 1.165) is 53.9 Å². The van der Waals surface area contributed by atoms with Gasteiger partial charge in [-0.2, -0.15) is 0 Å². The number of hydrogen-bond acceptors (Lipinski definition) is 4. The third-order valence-electron chi connectivity index (χ3n) is 5.33. The summed E-state index contributed by atoms with van der Waals surface area (Å²) in [5.74, 6) is 1.06. The molecule has 3 aromatic rings. The van der Waals surface area contributed by atoms with E-state index in [1.165, 1.54) is 18.9 Å². The Morgan fingerprint density at radius 3 is 2.79 bits per heavy atom. The highest BCUT2D eigenvalue weighted by molar-refractivity contribution is 7.91. The molecule has 0 saturated heterocycles. The van der Waals surface area contributed by atoms with Crippen molar-refractivity contribution in [2.45, 2.75) is 50.5 Å². The summed E-state index contributed by atoms with van der Waals surface area (Å²) in [6, 6.07) is 3.17. The van der Waals surface area contributed by atoms with Crippen LogP contribution in [0.25, 0.3) is 11.0 Å². The van der Waals surface area contributed by atoms with Gasteiger partial charge in [0.15, 0.2) is 16.5 Å². The van der Waals surface area contributed by atoms with Crippen molar-refractivity contribution in [2.75, 3.05) is 11.5 Å². The van der Waals surface area contributed by atoms with E-state index >= 15 is 0 Å². The summed E-state index contributed by atoms with van der Waals surface area (Å²) in [6.45, 7) is 2.73. The molecule has 0 spiro atoms. The Balaban J connectivity index is 1.45. The van der Waals surface area contributed by atoms with Crippen molar-refractivity contribution in [1.29, 1.82) is 0 Å². The SMILES string of the molecule is Cc1cnc(N)c2nc(CC3CC3)n(CCCC[S+]([O-])c3ccc(F)cc3F)c12. The largest absolute Gasteiger partial charge is 0.611 e. The summed E-state index contributed by atoms with van der Waals surface area (Å²) in [4.78, 5) is 9.05. The average Bonchev–Trinajstić information content (AvgIpc) is 3.41. The highest BCUT2D eigenvalue weighted by Gasteiger charge is 2.26. The lowest BCUT2D eigenvalue weighted by molar-refractivity contribution is 0.545. The number of rotatable bonds is 8. The first-order valence-electron chi connectivity index (χ1n) is 9.87. The predicted octanol–water partition coefficient (Wildman–Crippen LogP) is 4.14. The molecule has 8 heteroatoms. The molecule has 4 rings (SSSR count). The Bertz CT molecular complexity index is 1040. The van der Waals surface area contributed by atoms with Gasteiger partial charge in [-0.25, -0.2) is 18.7 Å². The second-order valence-corrected chi connectivity index (χ2v) is 9.22. The fourth-order valence-corrected chi connectivity index (χ4v) is 4.80. The van der Waals surface area contributed by atoms with Crippen LogP contribution in [0.5, 0.6) is 0 Å². The fraction of sp³-hybridized carbons (Fsp3) is 0.429. The van der Waals surface area contributed by atoms with Crippen LogP contribution in [-0.4, -0.2) is 24.8 Å². The normalized spacial score (nSPS) is 15.2. The van der Waals surface area contributed by atoms with Gasteiger partial charge in [0, 0.05) is 25.2 Å². The summed E-state index contributed by atoms with van der Waals surface area (Å²) < 4.78 is 41.4. The lowest BCUT2D eigenvalue weighted by Crippen LogP contribution is -2.11. The maximum Gasteiger partial charge on any atom is 0.188 e. The number of imidazole rings is 1. The number of anilines is 1. The van der Waals surface area contributed by atoms with E-state index in [0.29, 0.717) is 23.9 Å². The molecular weight excluding hydrogens is 394 g/mol. The molecule has 1 fully saturated rings. The summed E-state index contributed by atoms with van der Waals surface area (Å²) in [5.41, 5.74) is 8.84. The minimum absolute atomic E-state index is 0.0589. The number of nitrogens with two attached hydrogens (primary N) is 1. The monoisotopic (exact) mass is 418 g/mol. The molecule has 0 bridgehead atoms. The zero-order valence-electron chi connectivity index (χ0n) is 16.3. The number of unbranched alkanes of at least 4 members (excludes halogenated alkanes) is 1. The van der Waals surface area contributed by atoms with Crippen LogP contribution in [0.2, 0.25) is 0 Å². The minimum atomic E-state index is -1.49. The zero-order chi connectivity index (χ0) is 20.5. The second kappa shape index (κ2) is 8.28. The Morgan fingerprint density at radius 1 is 1.28 bits per heavy atom. The molecular formula is C21H24F2N4OS. The third kappa shape index (κ3) is 4.38. The highest BCUT2D eigenvalue weighted by Crippen LogP contribution is 2.34. The van der Waals surface area contributed by atoms with Crippen molar-refractivity contribution < 1.29 is 13.3 Å². The van der Waals surface area contributed by atoms with Crippen LogP contribution in [0.4, 0.5) is 14.6 Å². The van der Waals surface area contributed by atoms with Gasteiger partial charge in [-0.15, -0.1) is 0 Å². The Kier molecular flexibility index (Phi) is 5.74. The van der Waals surface area contributed by atoms with Gasteiger partial charge < -0.3 is 14.9 Å². The lowest BCUT2D eigenvalue weighted by Gasteiger charge is -2.13. The van der Waals surface area contributed by atoms with Crippen LogP contribution in [0, 0.1) is 24.5 Å². The van der Waals surface area contributed by atoms with E-state index in [4.69, 9.17) is 10.7 Å². The number of pyridine rings is 1. The molecule has 0 radical (unpaired) electrons. The van der Waals surface area contributed by atoms with Crippen molar-refractivity contribution in [3.8, 4) is 0 Å². The number of nitrogens with zero attached hydrogens (tertiary/aromatic N) is 3. The van der Waals surface area contributed by atoms with Gasteiger partial charge >= 0.3 is 0 Å². The molecule has 2 heterocycles. The first-order valence-corrected chi connectivity index (χ1v) is 11.2. The van der Waals surface area contributed by atoms with Crippen LogP contribution in [0.15, 0.2) is 29.3 Å². The lowest BCUT2D eigenvalue weighted by atomic mass is 10.2. The molecule has 1 aromatic carbocycles. The smallest absolute Gasteiger partial charge is 0.188 e. The number of aromatic nitrogens is 3. The molecule has 0 amide bonds. The summed E-state index contributed by atoms with van der Waals surface area (Å²) in [7, 11) is 0. The minimum Gasteiger partial charge on any atom is -0.611 e. The molecule has 1 unspecified atom stereocenters. The zero-order valence-corrected chi connectivity index (χ0v) is 17.1. The topological polar surface area (TPSA) is 79.8 Å². The maximum absolute atomic E-state index is 13.8. The quantitative estimate of drug-likeness (QED) is 0.440. The van der Waals surface area contributed by atoms with Crippen LogP contribution in [0.1, 0.15) is 37.1 Å². The van der Waals surface area contributed by atoms with Crippen LogP contribution < -0.4 is 5.73 Å². The van der Waals surface area contributed by atoms with Gasteiger partial charge in [0.25, 0.3) is 0 Å². The second-order valence-electron chi connectivity index (χ2n) is 7.68. The van der Waals surface area contributed by atoms with Gasteiger partial charge in [0.1, 0.15) is 22.9 Å². The molecule has 5 nitrogen and oxygen atoms in total. The molecule has 29 heavy (non-hydrogen) atoms. The van der Waals surface area contributed by atoms with Crippen molar-refractivity contribution in [3.63, 3.8) is 0 Å². The van der Waals surface area contributed by atoms with Crippen molar-refractivity contribution in [1.82, 2.24) is 14.5 Å². The van der Waals surface area contributed by atoms with Crippen molar-refractivity contribution >= 4 is 28.0 Å². The first-order chi connectivity index (χ1) is 13.9. The van der Waals surface area contributed by atoms with Gasteiger partial charge in [0.2, 0.25) is 0 Å². The maximum atomic E-state index is 13.8. The summed E-state index contributed by atoms with van der Waals surface area (Å²) >= 11 is -1.49. The van der Waals surface area contributed by atoms with E-state index in [-0.39, 0.29) is 4.90 Å². The average molecular weight is 419 g/mol. The molecule has 2 N–H and O–H groups in total. The van der Waals surface area contributed by atoms with Crippen LogP contribution >= 0.6 is 0 Å². The molecule has 1 aliphatic rings. The van der Waals surface area contributed by atoms with E-state index in [9.17, 15) is 13.3 Å².